The third-order valence-electron chi connectivity index (χ3n) is 8.14. The zero-order valence-electron chi connectivity index (χ0n) is 26.7. The lowest BCUT2D eigenvalue weighted by atomic mass is 9.96. The lowest BCUT2D eigenvalue weighted by molar-refractivity contribution is -0.116. The molecule has 0 aliphatic heterocycles. The highest BCUT2D eigenvalue weighted by molar-refractivity contribution is 6.00. The average molecular weight is 612 g/mol. The standard InChI is InChI=1S/C38H37N5O3/c1-6-46-35-19-26(5)31(20-30(35)24(2)3)37-41-33-17-11-8-15-29(33)38(45)43(37)39-21-27-22-42(34-18-12-9-14-28(27)34)23-36(44)40-32-16-10-7-13-25(32)4/h7-22,24H,6,23H2,1-5H3,(H,40,44). The molecule has 2 heterocycles. The van der Waals surface area contributed by atoms with Crippen molar-refractivity contribution in [2.45, 2.75) is 47.1 Å². The number of nitrogens with one attached hydrogen (secondary N) is 1. The van der Waals surface area contributed by atoms with E-state index in [-0.39, 0.29) is 23.9 Å². The fraction of sp³-hybridized carbons (Fsp3) is 0.211. The largest absolute Gasteiger partial charge is 0.494 e. The van der Waals surface area contributed by atoms with Gasteiger partial charge in [-0.2, -0.15) is 9.78 Å². The molecule has 2 aromatic heterocycles. The van der Waals surface area contributed by atoms with Crippen LogP contribution in [0.25, 0.3) is 33.2 Å². The van der Waals surface area contributed by atoms with Crippen molar-refractivity contribution in [2.75, 3.05) is 11.9 Å². The Kier molecular flexibility index (Phi) is 8.53. The summed E-state index contributed by atoms with van der Waals surface area (Å²) in [7, 11) is 0. The fourth-order valence-electron chi connectivity index (χ4n) is 5.76. The zero-order chi connectivity index (χ0) is 32.4. The van der Waals surface area contributed by atoms with Crippen molar-refractivity contribution in [3.8, 4) is 17.1 Å². The van der Waals surface area contributed by atoms with Crippen molar-refractivity contribution in [1.82, 2.24) is 14.2 Å². The van der Waals surface area contributed by atoms with Gasteiger partial charge in [-0.25, -0.2) is 4.98 Å². The molecule has 0 aliphatic rings. The van der Waals surface area contributed by atoms with E-state index >= 15 is 0 Å². The van der Waals surface area contributed by atoms with Gasteiger partial charge in [0.2, 0.25) is 5.91 Å². The summed E-state index contributed by atoms with van der Waals surface area (Å²) in [6, 6.07) is 26.9. The molecule has 6 rings (SSSR count). The minimum Gasteiger partial charge on any atom is -0.494 e. The van der Waals surface area contributed by atoms with E-state index in [1.54, 1.807) is 12.3 Å². The maximum atomic E-state index is 14.0. The zero-order valence-corrected chi connectivity index (χ0v) is 26.7. The molecule has 8 heteroatoms. The van der Waals surface area contributed by atoms with Gasteiger partial charge in [0.05, 0.1) is 23.7 Å². The smallest absolute Gasteiger partial charge is 0.282 e. The molecule has 0 saturated heterocycles. The second kappa shape index (κ2) is 12.9. The van der Waals surface area contributed by atoms with Gasteiger partial charge in [-0.15, -0.1) is 0 Å². The third kappa shape index (κ3) is 5.94. The number of carbonyl (C=O) groups excluding carboxylic acids is 1. The molecule has 8 nitrogen and oxygen atoms in total. The SMILES string of the molecule is CCOc1cc(C)c(-c2nc3ccccc3c(=O)n2N=Cc2cn(CC(=O)Nc3ccccc3C)c3ccccc23)cc1C(C)C. The van der Waals surface area contributed by atoms with Crippen LogP contribution in [-0.2, 0) is 11.3 Å². The summed E-state index contributed by atoms with van der Waals surface area (Å²) in [5, 5.41) is 9.18. The molecule has 0 bridgehead atoms. The molecule has 0 saturated carbocycles. The Bertz CT molecular complexity index is 2170. The van der Waals surface area contributed by atoms with E-state index in [1.165, 1.54) is 4.68 Å². The molecule has 1 amide bonds. The Balaban J connectivity index is 1.45. The second-order valence-electron chi connectivity index (χ2n) is 11.7. The van der Waals surface area contributed by atoms with Crippen molar-refractivity contribution in [1.29, 1.82) is 0 Å². The fourth-order valence-corrected chi connectivity index (χ4v) is 5.76. The van der Waals surface area contributed by atoms with Gasteiger partial charge in [0.25, 0.3) is 5.56 Å². The number of carbonyl (C=O) groups is 1. The summed E-state index contributed by atoms with van der Waals surface area (Å²) in [6.07, 6.45) is 3.57. The van der Waals surface area contributed by atoms with E-state index in [0.29, 0.717) is 23.3 Å². The number of benzene rings is 4. The number of amides is 1. The lowest BCUT2D eigenvalue weighted by Gasteiger charge is -2.18. The molecule has 232 valence electrons. The van der Waals surface area contributed by atoms with Crippen LogP contribution in [0.1, 0.15) is 48.9 Å². The first-order valence-corrected chi connectivity index (χ1v) is 15.5. The molecule has 6 aromatic rings. The van der Waals surface area contributed by atoms with Crippen LogP contribution in [0.3, 0.4) is 0 Å². The average Bonchev–Trinajstić information content (AvgIpc) is 3.38. The van der Waals surface area contributed by atoms with E-state index in [4.69, 9.17) is 14.8 Å². The summed E-state index contributed by atoms with van der Waals surface area (Å²) in [6.45, 7) is 10.8. The van der Waals surface area contributed by atoms with Crippen molar-refractivity contribution >= 4 is 39.6 Å². The molecule has 46 heavy (non-hydrogen) atoms. The predicted octanol–water partition coefficient (Wildman–Crippen LogP) is 7.68. The quantitative estimate of drug-likeness (QED) is 0.170. The molecule has 0 aliphatic carbocycles. The molecule has 0 fully saturated rings. The van der Waals surface area contributed by atoms with Crippen LogP contribution in [0.2, 0.25) is 0 Å². The van der Waals surface area contributed by atoms with Gasteiger partial charge in [-0.05, 0) is 79.8 Å². The van der Waals surface area contributed by atoms with Crippen LogP contribution in [0.15, 0.2) is 101 Å². The summed E-state index contributed by atoms with van der Waals surface area (Å²) in [4.78, 5) is 32.0. The number of hydrogen-bond acceptors (Lipinski definition) is 5. The molecule has 4 aromatic carbocycles. The Morgan fingerprint density at radius 3 is 2.43 bits per heavy atom. The molecule has 0 radical (unpaired) electrons. The van der Waals surface area contributed by atoms with E-state index in [0.717, 1.165) is 50.2 Å². The highest BCUT2D eigenvalue weighted by Gasteiger charge is 2.19. The van der Waals surface area contributed by atoms with E-state index in [2.05, 4.69) is 25.2 Å². The molecular weight excluding hydrogens is 574 g/mol. The van der Waals surface area contributed by atoms with Gasteiger partial charge in [0.1, 0.15) is 12.3 Å². The summed E-state index contributed by atoms with van der Waals surface area (Å²) >= 11 is 0. The minimum absolute atomic E-state index is 0.120. The monoisotopic (exact) mass is 611 g/mol. The number of ether oxygens (including phenoxy) is 1. The van der Waals surface area contributed by atoms with Gasteiger partial charge >= 0.3 is 0 Å². The van der Waals surface area contributed by atoms with Crippen molar-refractivity contribution in [3.05, 3.63) is 124 Å². The molecule has 1 N–H and O–H groups in total. The number of aryl methyl sites for hydroxylation is 2. The summed E-state index contributed by atoms with van der Waals surface area (Å²) in [5.41, 5.74) is 6.54. The molecule has 0 spiro atoms. The highest BCUT2D eigenvalue weighted by Crippen LogP contribution is 2.34. The van der Waals surface area contributed by atoms with Crippen LogP contribution in [-0.4, -0.2) is 33.0 Å². The molecule has 0 atom stereocenters. The van der Waals surface area contributed by atoms with Crippen LogP contribution in [0, 0.1) is 13.8 Å². The first-order chi connectivity index (χ1) is 22.2. The van der Waals surface area contributed by atoms with E-state index in [9.17, 15) is 9.59 Å². The van der Waals surface area contributed by atoms with Crippen molar-refractivity contribution in [2.24, 2.45) is 5.10 Å². The van der Waals surface area contributed by atoms with Crippen LogP contribution >= 0.6 is 0 Å². The molecule has 0 unspecified atom stereocenters. The number of rotatable bonds is 9. The topological polar surface area (TPSA) is 90.5 Å². The number of fused-ring (bicyclic) bond motifs is 2. The number of para-hydroxylation sites is 3. The highest BCUT2D eigenvalue weighted by atomic mass is 16.5. The lowest BCUT2D eigenvalue weighted by Crippen LogP contribution is -2.21. The normalized spacial score (nSPS) is 11.6. The maximum absolute atomic E-state index is 14.0. The number of anilines is 1. The van der Waals surface area contributed by atoms with Gasteiger partial charge in [0.15, 0.2) is 5.82 Å². The minimum atomic E-state index is -0.266. The van der Waals surface area contributed by atoms with E-state index < -0.39 is 0 Å². The summed E-state index contributed by atoms with van der Waals surface area (Å²) in [5.74, 6) is 1.34. The van der Waals surface area contributed by atoms with Crippen LogP contribution < -0.4 is 15.6 Å². The number of aromatic nitrogens is 3. The first kappa shape index (κ1) is 30.5. The Morgan fingerprint density at radius 2 is 1.67 bits per heavy atom. The molecular formula is C38H37N5O3. The second-order valence-corrected chi connectivity index (χ2v) is 11.7. The van der Waals surface area contributed by atoms with Crippen molar-refractivity contribution in [3.63, 3.8) is 0 Å². The number of nitrogens with zero attached hydrogens (tertiary/aromatic N) is 4. The number of hydrogen-bond donors (Lipinski definition) is 1. The van der Waals surface area contributed by atoms with E-state index in [1.807, 2.05) is 104 Å². The van der Waals surface area contributed by atoms with Gasteiger partial charge < -0.3 is 14.6 Å². The summed E-state index contributed by atoms with van der Waals surface area (Å²) < 4.78 is 9.24. The van der Waals surface area contributed by atoms with Gasteiger partial charge in [-0.1, -0.05) is 62.4 Å². The van der Waals surface area contributed by atoms with Gasteiger partial charge in [0, 0.05) is 33.9 Å². The van der Waals surface area contributed by atoms with Gasteiger partial charge in [-0.3, -0.25) is 9.59 Å². The van der Waals surface area contributed by atoms with Crippen LogP contribution in [0.5, 0.6) is 5.75 Å². The Hall–Kier alpha value is -5.50. The predicted molar refractivity (Wildman–Crippen MR) is 186 cm³/mol. The third-order valence-corrected chi connectivity index (χ3v) is 8.14. The van der Waals surface area contributed by atoms with Crippen molar-refractivity contribution < 1.29 is 9.53 Å². The maximum Gasteiger partial charge on any atom is 0.282 e. The Morgan fingerprint density at radius 1 is 0.957 bits per heavy atom. The Labute approximate surface area is 268 Å². The van der Waals surface area contributed by atoms with Crippen LogP contribution in [0.4, 0.5) is 5.69 Å². The first-order valence-electron chi connectivity index (χ1n) is 15.5.